The van der Waals surface area contributed by atoms with Gasteiger partial charge in [0.15, 0.2) is 0 Å². The van der Waals surface area contributed by atoms with Gasteiger partial charge in [-0.1, -0.05) is 0 Å². The van der Waals surface area contributed by atoms with Crippen LogP contribution in [0.4, 0.5) is 6.01 Å². The summed E-state index contributed by atoms with van der Waals surface area (Å²) in [5, 5.41) is 3.10. The average molecular weight is 278 g/mol. The summed E-state index contributed by atoms with van der Waals surface area (Å²) in [4.78, 5) is 9.47. The molecule has 0 bridgehead atoms. The second-order valence-corrected chi connectivity index (χ2v) is 6.09. The van der Waals surface area contributed by atoms with Crippen LogP contribution in [0.2, 0.25) is 0 Å². The zero-order chi connectivity index (χ0) is 13.8. The summed E-state index contributed by atoms with van der Waals surface area (Å²) in [5.74, 6) is 0.857. The SMILES string of the molecule is CNCc1coc(N2CCC(CN3CCCC3)CC2)n1. The van der Waals surface area contributed by atoms with Gasteiger partial charge in [-0.15, -0.1) is 0 Å². The lowest BCUT2D eigenvalue weighted by atomic mass is 9.96. The van der Waals surface area contributed by atoms with Gasteiger partial charge in [-0.05, 0) is 51.7 Å². The first kappa shape index (κ1) is 13.9. The van der Waals surface area contributed by atoms with Gasteiger partial charge in [-0.3, -0.25) is 0 Å². The van der Waals surface area contributed by atoms with Crippen LogP contribution >= 0.6 is 0 Å². The quantitative estimate of drug-likeness (QED) is 0.888. The molecule has 0 atom stereocenters. The van der Waals surface area contributed by atoms with E-state index >= 15 is 0 Å². The van der Waals surface area contributed by atoms with Crippen molar-refractivity contribution < 1.29 is 4.42 Å². The van der Waals surface area contributed by atoms with Gasteiger partial charge in [0.05, 0.1) is 5.69 Å². The van der Waals surface area contributed by atoms with Crippen LogP contribution in [-0.2, 0) is 6.54 Å². The number of piperidine rings is 1. The Kier molecular flexibility index (Phi) is 4.58. The van der Waals surface area contributed by atoms with Crippen LogP contribution < -0.4 is 10.2 Å². The molecule has 2 saturated heterocycles. The third-order valence-electron chi connectivity index (χ3n) is 4.50. The molecule has 0 amide bonds. The van der Waals surface area contributed by atoms with Crippen molar-refractivity contribution in [3.05, 3.63) is 12.0 Å². The van der Waals surface area contributed by atoms with Gasteiger partial charge >= 0.3 is 0 Å². The van der Waals surface area contributed by atoms with Crippen LogP contribution in [-0.4, -0.2) is 49.7 Å². The zero-order valence-corrected chi connectivity index (χ0v) is 12.5. The van der Waals surface area contributed by atoms with E-state index in [1.807, 2.05) is 7.05 Å². The maximum Gasteiger partial charge on any atom is 0.297 e. The van der Waals surface area contributed by atoms with Gasteiger partial charge in [0, 0.05) is 26.2 Å². The third-order valence-corrected chi connectivity index (χ3v) is 4.50. The molecule has 20 heavy (non-hydrogen) atoms. The van der Waals surface area contributed by atoms with Gasteiger partial charge in [0.1, 0.15) is 6.26 Å². The number of likely N-dealkylation sites (tertiary alicyclic amines) is 1. The van der Waals surface area contributed by atoms with Crippen molar-refractivity contribution in [3.8, 4) is 0 Å². The molecule has 112 valence electrons. The van der Waals surface area contributed by atoms with Crippen molar-refractivity contribution in [3.63, 3.8) is 0 Å². The summed E-state index contributed by atoms with van der Waals surface area (Å²) in [7, 11) is 1.93. The number of anilines is 1. The van der Waals surface area contributed by atoms with E-state index in [1.54, 1.807) is 6.26 Å². The predicted molar refractivity (Wildman–Crippen MR) is 79.9 cm³/mol. The highest BCUT2D eigenvalue weighted by atomic mass is 16.4. The smallest absolute Gasteiger partial charge is 0.297 e. The van der Waals surface area contributed by atoms with Crippen molar-refractivity contribution in [1.82, 2.24) is 15.2 Å². The van der Waals surface area contributed by atoms with Crippen LogP contribution in [0, 0.1) is 5.92 Å². The Labute approximate surface area is 121 Å². The molecule has 1 N–H and O–H groups in total. The van der Waals surface area contributed by atoms with E-state index in [4.69, 9.17) is 4.42 Å². The van der Waals surface area contributed by atoms with E-state index in [2.05, 4.69) is 20.1 Å². The lowest BCUT2D eigenvalue weighted by Gasteiger charge is -2.32. The van der Waals surface area contributed by atoms with E-state index in [-0.39, 0.29) is 0 Å². The molecule has 1 aromatic rings. The summed E-state index contributed by atoms with van der Waals surface area (Å²) in [6.45, 7) is 6.86. The average Bonchev–Trinajstić information content (AvgIpc) is 3.12. The fourth-order valence-electron chi connectivity index (χ4n) is 3.34. The molecular formula is C15H26N4O. The van der Waals surface area contributed by atoms with Crippen molar-refractivity contribution in [1.29, 1.82) is 0 Å². The molecule has 5 heteroatoms. The largest absolute Gasteiger partial charge is 0.432 e. The van der Waals surface area contributed by atoms with E-state index in [9.17, 15) is 0 Å². The van der Waals surface area contributed by atoms with Gasteiger partial charge in [-0.2, -0.15) is 4.98 Å². The molecule has 2 fully saturated rings. The molecule has 0 spiro atoms. The number of hydrogen-bond donors (Lipinski definition) is 1. The lowest BCUT2D eigenvalue weighted by Crippen LogP contribution is -2.38. The first-order valence-corrected chi connectivity index (χ1v) is 7.91. The lowest BCUT2D eigenvalue weighted by molar-refractivity contribution is 0.247. The minimum absolute atomic E-state index is 0.773. The second kappa shape index (κ2) is 6.59. The standard InChI is InChI=1S/C15H26N4O/c1-16-10-14-12-20-15(17-14)19-8-4-13(5-9-19)11-18-6-2-3-7-18/h12-13,16H,2-11H2,1H3. The summed E-state index contributed by atoms with van der Waals surface area (Å²) >= 11 is 0. The normalized spacial score (nSPS) is 21.8. The Morgan fingerprint density at radius 2 is 2.00 bits per heavy atom. The highest BCUT2D eigenvalue weighted by Gasteiger charge is 2.24. The molecule has 2 aliphatic rings. The second-order valence-electron chi connectivity index (χ2n) is 6.09. The summed E-state index contributed by atoms with van der Waals surface area (Å²) < 4.78 is 5.59. The number of nitrogens with one attached hydrogen (secondary N) is 1. The van der Waals surface area contributed by atoms with Crippen LogP contribution in [0.25, 0.3) is 0 Å². The molecule has 0 radical (unpaired) electrons. The van der Waals surface area contributed by atoms with Crippen LogP contribution in [0.1, 0.15) is 31.4 Å². The molecule has 3 heterocycles. The fraction of sp³-hybridized carbons (Fsp3) is 0.800. The maximum atomic E-state index is 5.59. The molecule has 0 saturated carbocycles. The summed E-state index contributed by atoms with van der Waals surface area (Å²) in [6, 6.07) is 0.801. The molecule has 0 aliphatic carbocycles. The Hall–Kier alpha value is -1.07. The third kappa shape index (κ3) is 3.33. The Balaban J connectivity index is 1.47. The number of rotatable bonds is 5. The Morgan fingerprint density at radius 3 is 2.70 bits per heavy atom. The molecule has 0 unspecified atom stereocenters. The first-order chi connectivity index (χ1) is 9.85. The number of nitrogens with zero attached hydrogens (tertiary/aromatic N) is 3. The highest BCUT2D eigenvalue weighted by Crippen LogP contribution is 2.24. The molecule has 2 aliphatic heterocycles. The zero-order valence-electron chi connectivity index (χ0n) is 12.5. The van der Waals surface area contributed by atoms with E-state index in [0.717, 1.165) is 37.3 Å². The van der Waals surface area contributed by atoms with Crippen molar-refractivity contribution in [2.24, 2.45) is 5.92 Å². The van der Waals surface area contributed by atoms with E-state index in [0.29, 0.717) is 0 Å². The molecule has 3 rings (SSSR count). The molecule has 5 nitrogen and oxygen atoms in total. The molecule has 1 aromatic heterocycles. The van der Waals surface area contributed by atoms with Gasteiger partial charge in [0.25, 0.3) is 6.01 Å². The van der Waals surface area contributed by atoms with Crippen LogP contribution in [0.15, 0.2) is 10.7 Å². The number of aromatic nitrogens is 1. The molecule has 0 aromatic carbocycles. The minimum Gasteiger partial charge on any atom is -0.432 e. The van der Waals surface area contributed by atoms with Crippen molar-refractivity contribution >= 4 is 6.01 Å². The maximum absolute atomic E-state index is 5.59. The minimum atomic E-state index is 0.773. The first-order valence-electron chi connectivity index (χ1n) is 7.91. The van der Waals surface area contributed by atoms with Gasteiger partial charge in [0.2, 0.25) is 0 Å². The summed E-state index contributed by atoms with van der Waals surface area (Å²) in [6.07, 6.45) is 7.08. The Bertz CT molecular complexity index is 406. The Morgan fingerprint density at radius 1 is 1.25 bits per heavy atom. The highest BCUT2D eigenvalue weighted by molar-refractivity contribution is 5.27. The van der Waals surface area contributed by atoms with E-state index < -0.39 is 0 Å². The van der Waals surface area contributed by atoms with Crippen LogP contribution in [0.3, 0.4) is 0 Å². The predicted octanol–water partition coefficient (Wildman–Crippen LogP) is 1.71. The fourth-order valence-corrected chi connectivity index (χ4v) is 3.34. The van der Waals surface area contributed by atoms with Crippen molar-refractivity contribution in [2.75, 3.05) is 44.7 Å². The molecular weight excluding hydrogens is 252 g/mol. The van der Waals surface area contributed by atoms with Crippen molar-refractivity contribution in [2.45, 2.75) is 32.2 Å². The monoisotopic (exact) mass is 278 g/mol. The number of hydrogen-bond acceptors (Lipinski definition) is 5. The van der Waals surface area contributed by atoms with Gasteiger partial charge in [-0.25, -0.2) is 0 Å². The van der Waals surface area contributed by atoms with E-state index in [1.165, 1.54) is 45.3 Å². The number of oxazole rings is 1. The van der Waals surface area contributed by atoms with Gasteiger partial charge < -0.3 is 19.5 Å². The topological polar surface area (TPSA) is 44.5 Å². The van der Waals surface area contributed by atoms with Crippen LogP contribution in [0.5, 0.6) is 0 Å². The summed E-state index contributed by atoms with van der Waals surface area (Å²) in [5.41, 5.74) is 0.988.